The summed E-state index contributed by atoms with van der Waals surface area (Å²) in [5.41, 5.74) is 3.33. The van der Waals surface area contributed by atoms with Crippen LogP contribution in [0.4, 0.5) is 5.69 Å². The van der Waals surface area contributed by atoms with Gasteiger partial charge in [-0.25, -0.2) is 4.98 Å². The first-order chi connectivity index (χ1) is 10.2. The zero-order valence-corrected chi connectivity index (χ0v) is 12.6. The number of hydrogen-bond donors (Lipinski definition) is 1. The molecular formula is C14H17N3O3S. The Balaban J connectivity index is 2.07. The minimum Gasteiger partial charge on any atom is -0.480 e. The number of hydrogen-bond acceptors (Lipinski definition) is 6. The molecule has 0 spiro atoms. The number of nitrogens with one attached hydrogen (secondary N) is 1. The van der Waals surface area contributed by atoms with Gasteiger partial charge in [0.15, 0.2) is 5.75 Å². The quantitative estimate of drug-likeness (QED) is 0.460. The second-order valence-corrected chi connectivity index (χ2v) is 5.22. The molecule has 2 aromatic rings. The highest BCUT2D eigenvalue weighted by Gasteiger charge is 2.16. The Kier molecular flexibility index (Phi) is 5.65. The van der Waals surface area contributed by atoms with E-state index in [0.717, 1.165) is 24.2 Å². The highest BCUT2D eigenvalue weighted by molar-refractivity contribution is 7.07. The molecule has 0 amide bonds. The molecular weight excluding hydrogens is 290 g/mol. The molecule has 1 aromatic carbocycles. The van der Waals surface area contributed by atoms with Crippen LogP contribution < -0.4 is 10.1 Å². The summed E-state index contributed by atoms with van der Waals surface area (Å²) in [6, 6.07) is 5.04. The molecule has 0 saturated heterocycles. The van der Waals surface area contributed by atoms with E-state index in [1.54, 1.807) is 17.6 Å². The summed E-state index contributed by atoms with van der Waals surface area (Å²) in [6.45, 7) is 3.81. The lowest BCUT2D eigenvalue weighted by atomic mass is 10.2. The van der Waals surface area contributed by atoms with Crippen molar-refractivity contribution in [2.24, 2.45) is 0 Å². The van der Waals surface area contributed by atoms with Crippen molar-refractivity contribution < 1.29 is 9.66 Å². The molecule has 6 nitrogen and oxygen atoms in total. The van der Waals surface area contributed by atoms with E-state index >= 15 is 0 Å². The van der Waals surface area contributed by atoms with E-state index in [4.69, 9.17) is 4.74 Å². The highest BCUT2D eigenvalue weighted by Crippen LogP contribution is 2.28. The summed E-state index contributed by atoms with van der Waals surface area (Å²) in [7, 11) is 0. The lowest BCUT2D eigenvalue weighted by Crippen LogP contribution is -2.13. The lowest BCUT2D eigenvalue weighted by Gasteiger charge is -2.08. The van der Waals surface area contributed by atoms with Crippen molar-refractivity contribution in [3.8, 4) is 5.75 Å². The van der Waals surface area contributed by atoms with Crippen LogP contribution in [0.25, 0.3) is 0 Å². The van der Waals surface area contributed by atoms with Crippen molar-refractivity contribution in [1.29, 1.82) is 0 Å². The van der Waals surface area contributed by atoms with Crippen LogP contribution in [-0.2, 0) is 13.2 Å². The van der Waals surface area contributed by atoms with Gasteiger partial charge in [0.1, 0.15) is 6.61 Å². The van der Waals surface area contributed by atoms with Crippen LogP contribution in [0.3, 0.4) is 0 Å². The van der Waals surface area contributed by atoms with E-state index in [0.29, 0.717) is 6.54 Å². The monoisotopic (exact) mass is 307 g/mol. The molecule has 21 heavy (non-hydrogen) atoms. The third-order valence-corrected chi connectivity index (χ3v) is 3.47. The van der Waals surface area contributed by atoms with Crippen molar-refractivity contribution >= 4 is 17.0 Å². The average Bonchev–Trinajstić information content (AvgIpc) is 2.99. The van der Waals surface area contributed by atoms with E-state index in [1.807, 2.05) is 11.4 Å². The maximum Gasteiger partial charge on any atom is 0.311 e. The largest absolute Gasteiger partial charge is 0.480 e. The van der Waals surface area contributed by atoms with E-state index in [2.05, 4.69) is 17.2 Å². The van der Waals surface area contributed by atoms with Crippen molar-refractivity contribution in [3.63, 3.8) is 0 Å². The smallest absolute Gasteiger partial charge is 0.311 e. The van der Waals surface area contributed by atoms with Gasteiger partial charge in [-0.1, -0.05) is 13.0 Å². The fourth-order valence-corrected chi connectivity index (χ4v) is 2.35. The molecule has 0 aliphatic carbocycles. The van der Waals surface area contributed by atoms with Crippen LogP contribution in [0, 0.1) is 10.1 Å². The molecule has 1 N–H and O–H groups in total. The van der Waals surface area contributed by atoms with Crippen LogP contribution in [0.15, 0.2) is 29.1 Å². The summed E-state index contributed by atoms with van der Waals surface area (Å²) in [6.07, 6.45) is 1.02. The number of thiazole rings is 1. The average molecular weight is 307 g/mol. The van der Waals surface area contributed by atoms with Gasteiger partial charge in [0, 0.05) is 18.0 Å². The topological polar surface area (TPSA) is 77.3 Å². The Bertz CT molecular complexity index is 587. The minimum absolute atomic E-state index is 0.0129. The third-order valence-electron chi connectivity index (χ3n) is 2.83. The van der Waals surface area contributed by atoms with E-state index in [1.165, 1.54) is 11.3 Å². The van der Waals surface area contributed by atoms with Gasteiger partial charge in [-0.3, -0.25) is 10.1 Å². The Morgan fingerprint density at radius 1 is 1.48 bits per heavy atom. The van der Waals surface area contributed by atoms with Gasteiger partial charge < -0.3 is 10.1 Å². The summed E-state index contributed by atoms with van der Waals surface area (Å²) in [5, 5.41) is 16.2. The Morgan fingerprint density at radius 3 is 3.00 bits per heavy atom. The van der Waals surface area contributed by atoms with Gasteiger partial charge in [0.2, 0.25) is 0 Å². The van der Waals surface area contributed by atoms with Crippen LogP contribution in [0.5, 0.6) is 5.75 Å². The number of rotatable bonds is 8. The maximum atomic E-state index is 11.2. The molecule has 1 aromatic heterocycles. The van der Waals surface area contributed by atoms with Crippen LogP contribution in [-0.4, -0.2) is 16.5 Å². The molecule has 7 heteroatoms. The molecule has 112 valence electrons. The number of nitro benzene ring substituents is 1. The van der Waals surface area contributed by atoms with Gasteiger partial charge in [-0.2, -0.15) is 0 Å². The number of nitrogens with zero attached hydrogens (tertiary/aromatic N) is 2. The first kappa shape index (κ1) is 15.4. The normalized spacial score (nSPS) is 10.5. The lowest BCUT2D eigenvalue weighted by molar-refractivity contribution is -0.386. The number of benzene rings is 1. The molecule has 0 unspecified atom stereocenters. The van der Waals surface area contributed by atoms with Crippen LogP contribution in [0.1, 0.15) is 24.6 Å². The van der Waals surface area contributed by atoms with E-state index in [9.17, 15) is 10.1 Å². The number of ether oxygens (including phenoxy) is 1. The fraction of sp³-hybridized carbons (Fsp3) is 0.357. The summed E-state index contributed by atoms with van der Waals surface area (Å²) >= 11 is 1.47. The van der Waals surface area contributed by atoms with Gasteiger partial charge in [-0.15, -0.1) is 11.3 Å². The Hall–Kier alpha value is -1.99. The van der Waals surface area contributed by atoms with Crippen molar-refractivity contribution in [2.45, 2.75) is 26.5 Å². The standard InChI is InChI=1S/C14H17N3O3S/c1-2-5-15-7-11-3-4-14(13(6-11)17(18)19)20-8-12-9-21-10-16-12/h3-4,6,9-10,15H,2,5,7-8H2,1H3. The predicted octanol–water partition coefficient (Wildman–Crippen LogP) is 3.13. The summed E-state index contributed by atoms with van der Waals surface area (Å²) in [5.74, 6) is 0.271. The maximum absolute atomic E-state index is 11.2. The molecule has 1 heterocycles. The van der Waals surface area contributed by atoms with Gasteiger partial charge in [0.05, 0.1) is 16.1 Å². The van der Waals surface area contributed by atoms with Crippen molar-refractivity contribution in [2.75, 3.05) is 6.54 Å². The minimum atomic E-state index is -0.417. The van der Waals surface area contributed by atoms with Gasteiger partial charge in [0.25, 0.3) is 0 Å². The van der Waals surface area contributed by atoms with Gasteiger partial charge >= 0.3 is 5.69 Å². The predicted molar refractivity (Wildman–Crippen MR) is 81.5 cm³/mol. The number of nitro groups is 1. The van der Waals surface area contributed by atoms with Crippen molar-refractivity contribution in [1.82, 2.24) is 10.3 Å². The van der Waals surface area contributed by atoms with E-state index < -0.39 is 4.92 Å². The highest BCUT2D eigenvalue weighted by atomic mass is 32.1. The Labute approximate surface area is 126 Å². The molecule has 0 bridgehead atoms. The molecule has 0 radical (unpaired) electrons. The van der Waals surface area contributed by atoms with Crippen molar-refractivity contribution in [3.05, 3.63) is 50.5 Å². The molecule has 0 aliphatic heterocycles. The molecule has 0 aliphatic rings. The molecule has 0 atom stereocenters. The van der Waals surface area contributed by atoms with Crippen LogP contribution in [0.2, 0.25) is 0 Å². The van der Waals surface area contributed by atoms with E-state index in [-0.39, 0.29) is 18.0 Å². The second kappa shape index (κ2) is 7.70. The zero-order chi connectivity index (χ0) is 15.1. The molecule has 0 fully saturated rings. The third kappa shape index (κ3) is 4.51. The van der Waals surface area contributed by atoms with Gasteiger partial charge in [-0.05, 0) is 24.6 Å². The van der Waals surface area contributed by atoms with Crippen LogP contribution >= 0.6 is 11.3 Å². The summed E-state index contributed by atoms with van der Waals surface area (Å²) in [4.78, 5) is 14.8. The number of aromatic nitrogens is 1. The fourth-order valence-electron chi connectivity index (χ4n) is 1.81. The summed E-state index contributed by atoms with van der Waals surface area (Å²) < 4.78 is 5.51. The zero-order valence-electron chi connectivity index (χ0n) is 11.7. The SMILES string of the molecule is CCCNCc1ccc(OCc2cscn2)c([N+](=O)[O-])c1. The molecule has 2 rings (SSSR count). The second-order valence-electron chi connectivity index (χ2n) is 4.50. The Morgan fingerprint density at radius 2 is 2.33 bits per heavy atom. The first-order valence-electron chi connectivity index (χ1n) is 6.68. The first-order valence-corrected chi connectivity index (χ1v) is 7.63. The molecule has 0 saturated carbocycles.